The zero-order valence-corrected chi connectivity index (χ0v) is 20.9. The Morgan fingerprint density at radius 1 is 0.914 bits per heavy atom. The Balaban J connectivity index is 1.32. The second-order valence-corrected chi connectivity index (χ2v) is 9.99. The van der Waals surface area contributed by atoms with Crippen molar-refractivity contribution in [2.24, 2.45) is 11.8 Å². The fourth-order valence-corrected chi connectivity index (χ4v) is 5.52. The lowest BCUT2D eigenvalue weighted by atomic mass is 10.0. The Hall–Kier alpha value is -3.19. The average Bonchev–Trinajstić information content (AvgIpc) is 3.40. The standard InChI is InChI=1S/C28H36N4O3/c1-19-8-7-9-20(2)27(19)28(35)32-17-23-15-31(16-24(23)18-32)13-12-25(22-10-5-4-6-11-22)30-26(34)14-29-21(3)33/h4-11,23-25H,12-18H2,1-3H3,(H,29,33)(H,30,34)/t23-,24?,25?/m0/s1. The molecule has 2 saturated heterocycles. The molecular weight excluding hydrogens is 440 g/mol. The van der Waals surface area contributed by atoms with Gasteiger partial charge in [0.05, 0.1) is 12.6 Å². The van der Waals surface area contributed by atoms with E-state index < -0.39 is 0 Å². The average molecular weight is 477 g/mol. The van der Waals surface area contributed by atoms with Gasteiger partial charge in [0.2, 0.25) is 11.8 Å². The van der Waals surface area contributed by atoms with E-state index in [1.807, 2.05) is 67.3 Å². The lowest BCUT2D eigenvalue weighted by Gasteiger charge is -2.25. The van der Waals surface area contributed by atoms with E-state index in [4.69, 9.17) is 0 Å². The van der Waals surface area contributed by atoms with Crippen molar-refractivity contribution in [3.8, 4) is 0 Å². The molecule has 0 aliphatic carbocycles. The first kappa shape index (κ1) is 24.9. The van der Waals surface area contributed by atoms with E-state index in [1.54, 1.807) is 0 Å². The van der Waals surface area contributed by atoms with Gasteiger partial charge in [0.25, 0.3) is 5.91 Å². The molecule has 0 saturated carbocycles. The summed E-state index contributed by atoms with van der Waals surface area (Å²) in [5, 5.41) is 5.64. The largest absolute Gasteiger partial charge is 0.348 e. The highest BCUT2D eigenvalue weighted by Crippen LogP contribution is 2.33. The van der Waals surface area contributed by atoms with Gasteiger partial charge in [0, 0.05) is 45.2 Å². The first-order valence-corrected chi connectivity index (χ1v) is 12.5. The number of nitrogens with zero attached hydrogens (tertiary/aromatic N) is 2. The molecule has 0 aromatic heterocycles. The van der Waals surface area contributed by atoms with Crippen LogP contribution in [-0.2, 0) is 9.59 Å². The van der Waals surface area contributed by atoms with Crippen LogP contribution in [0.3, 0.4) is 0 Å². The zero-order chi connectivity index (χ0) is 24.9. The van der Waals surface area contributed by atoms with Crippen LogP contribution in [0.25, 0.3) is 0 Å². The number of hydrogen-bond donors (Lipinski definition) is 2. The number of carbonyl (C=O) groups excluding carboxylic acids is 3. The normalized spacial score (nSPS) is 20.4. The van der Waals surface area contributed by atoms with E-state index in [2.05, 4.69) is 15.5 Å². The Morgan fingerprint density at radius 3 is 2.14 bits per heavy atom. The maximum absolute atomic E-state index is 13.2. The van der Waals surface area contributed by atoms with E-state index in [0.717, 1.165) is 61.4 Å². The van der Waals surface area contributed by atoms with E-state index in [0.29, 0.717) is 11.8 Å². The summed E-state index contributed by atoms with van der Waals surface area (Å²) in [4.78, 5) is 41.3. The second kappa shape index (κ2) is 11.0. The van der Waals surface area contributed by atoms with Crippen molar-refractivity contribution < 1.29 is 14.4 Å². The Morgan fingerprint density at radius 2 is 1.54 bits per heavy atom. The molecule has 2 aliphatic rings. The van der Waals surface area contributed by atoms with E-state index in [1.165, 1.54) is 6.92 Å². The third kappa shape index (κ3) is 6.09. The summed E-state index contributed by atoms with van der Waals surface area (Å²) >= 11 is 0. The summed E-state index contributed by atoms with van der Waals surface area (Å²) in [7, 11) is 0. The number of rotatable bonds is 8. The number of likely N-dealkylation sites (tertiary alicyclic amines) is 2. The van der Waals surface area contributed by atoms with Crippen molar-refractivity contribution in [2.75, 3.05) is 39.3 Å². The number of aryl methyl sites for hydroxylation is 2. The predicted octanol–water partition coefficient (Wildman–Crippen LogP) is 2.69. The molecule has 7 nitrogen and oxygen atoms in total. The van der Waals surface area contributed by atoms with E-state index in [-0.39, 0.29) is 30.3 Å². The molecule has 2 aromatic carbocycles. The molecule has 186 valence electrons. The number of fused-ring (bicyclic) bond motifs is 1. The molecule has 2 aliphatic heterocycles. The Labute approximate surface area is 207 Å². The minimum atomic E-state index is -0.217. The van der Waals surface area contributed by atoms with Gasteiger partial charge < -0.3 is 20.4 Å². The lowest BCUT2D eigenvalue weighted by molar-refractivity contribution is -0.125. The van der Waals surface area contributed by atoms with Gasteiger partial charge >= 0.3 is 0 Å². The van der Waals surface area contributed by atoms with E-state index >= 15 is 0 Å². The molecule has 2 N–H and O–H groups in total. The predicted molar refractivity (Wildman–Crippen MR) is 136 cm³/mol. The maximum Gasteiger partial charge on any atom is 0.254 e. The molecule has 7 heteroatoms. The van der Waals surface area contributed by atoms with Crippen LogP contribution in [0.1, 0.15) is 46.4 Å². The number of benzene rings is 2. The molecule has 0 bridgehead atoms. The summed E-state index contributed by atoms with van der Waals surface area (Å²) in [5.41, 5.74) is 4.00. The molecule has 2 fully saturated rings. The monoisotopic (exact) mass is 476 g/mol. The van der Waals surface area contributed by atoms with Crippen LogP contribution < -0.4 is 10.6 Å². The number of amides is 3. The molecule has 35 heavy (non-hydrogen) atoms. The molecule has 2 unspecified atom stereocenters. The van der Waals surface area contributed by atoms with Gasteiger partial charge in [-0.1, -0.05) is 48.5 Å². The Kier molecular flexibility index (Phi) is 7.86. The number of hydrogen-bond acceptors (Lipinski definition) is 4. The topological polar surface area (TPSA) is 81.8 Å². The van der Waals surface area contributed by atoms with Crippen LogP contribution in [0, 0.1) is 25.7 Å². The molecular formula is C28H36N4O3. The van der Waals surface area contributed by atoms with Crippen molar-refractivity contribution in [3.63, 3.8) is 0 Å². The van der Waals surface area contributed by atoms with Crippen molar-refractivity contribution in [3.05, 3.63) is 70.8 Å². The third-order valence-corrected chi connectivity index (χ3v) is 7.31. The summed E-state index contributed by atoms with van der Waals surface area (Å²) < 4.78 is 0. The van der Waals surface area contributed by atoms with Crippen molar-refractivity contribution in [1.29, 1.82) is 0 Å². The first-order valence-electron chi connectivity index (χ1n) is 12.5. The highest BCUT2D eigenvalue weighted by molar-refractivity contribution is 5.97. The quantitative estimate of drug-likeness (QED) is 0.614. The minimum Gasteiger partial charge on any atom is -0.348 e. The fraction of sp³-hybridized carbons (Fsp3) is 0.464. The van der Waals surface area contributed by atoms with Crippen molar-refractivity contribution in [2.45, 2.75) is 33.2 Å². The fourth-order valence-electron chi connectivity index (χ4n) is 5.52. The molecule has 3 amide bonds. The van der Waals surface area contributed by atoms with Gasteiger partial charge in [-0.3, -0.25) is 14.4 Å². The van der Waals surface area contributed by atoms with Crippen LogP contribution >= 0.6 is 0 Å². The van der Waals surface area contributed by atoms with Crippen LogP contribution in [0.15, 0.2) is 48.5 Å². The first-order chi connectivity index (χ1) is 16.8. The summed E-state index contributed by atoms with van der Waals surface area (Å²) in [6.45, 7) is 9.85. The second-order valence-electron chi connectivity index (χ2n) is 9.99. The molecule has 2 aromatic rings. The van der Waals surface area contributed by atoms with Gasteiger partial charge in [-0.15, -0.1) is 0 Å². The van der Waals surface area contributed by atoms with Gasteiger partial charge in [-0.05, 0) is 48.8 Å². The molecule has 0 spiro atoms. The number of carbonyl (C=O) groups is 3. The smallest absolute Gasteiger partial charge is 0.254 e. The highest BCUT2D eigenvalue weighted by Gasteiger charge is 2.42. The number of nitrogens with one attached hydrogen (secondary N) is 2. The van der Waals surface area contributed by atoms with Crippen LogP contribution in [-0.4, -0.2) is 66.8 Å². The molecule has 2 heterocycles. The van der Waals surface area contributed by atoms with Crippen molar-refractivity contribution in [1.82, 2.24) is 20.4 Å². The molecule has 0 radical (unpaired) electrons. The van der Waals surface area contributed by atoms with Crippen molar-refractivity contribution >= 4 is 17.7 Å². The van der Waals surface area contributed by atoms with E-state index in [9.17, 15) is 14.4 Å². The Bertz CT molecular complexity index is 1040. The van der Waals surface area contributed by atoms with Gasteiger partial charge in [-0.2, -0.15) is 0 Å². The van der Waals surface area contributed by atoms with Gasteiger partial charge in [0.1, 0.15) is 0 Å². The highest BCUT2D eigenvalue weighted by atomic mass is 16.2. The van der Waals surface area contributed by atoms with Crippen LogP contribution in [0.2, 0.25) is 0 Å². The zero-order valence-electron chi connectivity index (χ0n) is 20.9. The maximum atomic E-state index is 13.2. The minimum absolute atomic E-state index is 0.0171. The summed E-state index contributed by atoms with van der Waals surface area (Å²) in [5.74, 6) is 0.742. The van der Waals surface area contributed by atoms with Crippen LogP contribution in [0.4, 0.5) is 0 Å². The third-order valence-electron chi connectivity index (χ3n) is 7.31. The van der Waals surface area contributed by atoms with Crippen LogP contribution in [0.5, 0.6) is 0 Å². The summed E-state index contributed by atoms with van der Waals surface area (Å²) in [6.07, 6.45) is 0.792. The summed E-state index contributed by atoms with van der Waals surface area (Å²) in [6, 6.07) is 15.9. The lowest BCUT2D eigenvalue weighted by Crippen LogP contribution is -2.39. The molecule has 3 atom stereocenters. The van der Waals surface area contributed by atoms with Gasteiger partial charge in [0.15, 0.2) is 0 Å². The van der Waals surface area contributed by atoms with Gasteiger partial charge in [-0.25, -0.2) is 0 Å². The SMILES string of the molecule is CC(=O)NCC(=O)NC(CCN1CC2CN(C(=O)c3c(C)cccc3C)C[C@@H]2C1)c1ccccc1. The molecule has 4 rings (SSSR count).